The topological polar surface area (TPSA) is 29.1 Å². The second kappa shape index (κ2) is 6.35. The Morgan fingerprint density at radius 1 is 1.55 bits per heavy atom. The first-order valence-corrected chi connectivity index (χ1v) is 4.37. The smallest absolute Gasteiger partial charge is 0.134 e. The molecule has 0 aliphatic heterocycles. The number of nitrogens with one attached hydrogen (secondary N) is 1. The largest absolute Gasteiger partial charge is 0.319 e. The first-order chi connectivity index (χ1) is 5.22. The predicted octanol–water partition coefficient (Wildman–Crippen LogP) is 1.60. The monoisotopic (exact) mass is 157 g/mol. The van der Waals surface area contributed by atoms with Crippen molar-refractivity contribution in [1.82, 2.24) is 5.32 Å². The minimum absolute atomic E-state index is 0.236. The minimum Gasteiger partial charge on any atom is -0.319 e. The molecule has 0 aliphatic carbocycles. The lowest BCUT2D eigenvalue weighted by Crippen LogP contribution is -2.24. The van der Waals surface area contributed by atoms with Crippen molar-refractivity contribution >= 4 is 5.78 Å². The van der Waals surface area contributed by atoms with Crippen LogP contribution in [0.1, 0.15) is 33.1 Å². The molecule has 0 saturated heterocycles. The zero-order chi connectivity index (χ0) is 8.69. The van der Waals surface area contributed by atoms with Crippen molar-refractivity contribution in [1.29, 1.82) is 0 Å². The molecule has 0 bridgehead atoms. The third-order valence-corrected chi connectivity index (χ3v) is 1.93. The number of carbonyl (C=O) groups is 1. The number of rotatable bonds is 6. The van der Waals surface area contributed by atoms with Gasteiger partial charge in [0.1, 0.15) is 5.78 Å². The van der Waals surface area contributed by atoms with Gasteiger partial charge in [-0.3, -0.25) is 4.79 Å². The van der Waals surface area contributed by atoms with Gasteiger partial charge in [0.05, 0.1) is 0 Å². The van der Waals surface area contributed by atoms with Gasteiger partial charge in [-0.2, -0.15) is 0 Å². The van der Waals surface area contributed by atoms with E-state index >= 15 is 0 Å². The maximum atomic E-state index is 11.0. The Morgan fingerprint density at radius 3 is 2.55 bits per heavy atom. The molecule has 0 heterocycles. The molecule has 0 spiro atoms. The average Bonchev–Trinajstić information content (AvgIpc) is 1.97. The summed E-state index contributed by atoms with van der Waals surface area (Å²) >= 11 is 0. The van der Waals surface area contributed by atoms with Gasteiger partial charge in [-0.1, -0.05) is 19.8 Å². The summed E-state index contributed by atoms with van der Waals surface area (Å²) in [6, 6.07) is 0. The van der Waals surface area contributed by atoms with E-state index in [1.54, 1.807) is 6.92 Å². The van der Waals surface area contributed by atoms with Crippen molar-refractivity contribution in [2.45, 2.75) is 33.1 Å². The van der Waals surface area contributed by atoms with Gasteiger partial charge in [-0.05, 0) is 20.4 Å². The molecular formula is C9H19NO. The van der Waals surface area contributed by atoms with Crippen LogP contribution < -0.4 is 5.32 Å². The summed E-state index contributed by atoms with van der Waals surface area (Å²) in [7, 11) is 1.89. The van der Waals surface area contributed by atoms with E-state index < -0.39 is 0 Å². The molecule has 1 atom stereocenters. The van der Waals surface area contributed by atoms with E-state index in [-0.39, 0.29) is 5.92 Å². The minimum atomic E-state index is 0.236. The molecule has 11 heavy (non-hydrogen) atoms. The van der Waals surface area contributed by atoms with Crippen LogP contribution in [0.5, 0.6) is 0 Å². The van der Waals surface area contributed by atoms with Crippen LogP contribution in [0.25, 0.3) is 0 Å². The van der Waals surface area contributed by atoms with Crippen LogP contribution in [-0.4, -0.2) is 19.4 Å². The van der Waals surface area contributed by atoms with Gasteiger partial charge < -0.3 is 5.32 Å². The highest BCUT2D eigenvalue weighted by atomic mass is 16.1. The highest BCUT2D eigenvalue weighted by Gasteiger charge is 2.11. The van der Waals surface area contributed by atoms with E-state index in [2.05, 4.69) is 12.2 Å². The van der Waals surface area contributed by atoms with Crippen LogP contribution in [0.15, 0.2) is 0 Å². The molecule has 0 saturated carbocycles. The number of unbranched alkanes of at least 4 members (excludes halogenated alkanes) is 1. The zero-order valence-electron chi connectivity index (χ0n) is 7.81. The summed E-state index contributed by atoms with van der Waals surface area (Å²) in [6.45, 7) is 4.66. The van der Waals surface area contributed by atoms with Crippen molar-refractivity contribution < 1.29 is 4.79 Å². The first-order valence-electron chi connectivity index (χ1n) is 4.37. The Kier molecular flexibility index (Phi) is 6.13. The molecule has 2 nitrogen and oxygen atoms in total. The Hall–Kier alpha value is -0.370. The third kappa shape index (κ3) is 4.96. The van der Waals surface area contributed by atoms with Crippen LogP contribution in [0.3, 0.4) is 0 Å². The maximum Gasteiger partial charge on any atom is 0.134 e. The van der Waals surface area contributed by atoms with Crippen LogP contribution in [0.4, 0.5) is 0 Å². The quantitative estimate of drug-likeness (QED) is 0.634. The maximum absolute atomic E-state index is 11.0. The van der Waals surface area contributed by atoms with Crippen LogP contribution in [-0.2, 0) is 4.79 Å². The molecular weight excluding hydrogens is 138 g/mol. The number of ketones is 1. The standard InChI is InChI=1S/C9H19NO/c1-4-5-6-9(7-10-3)8(2)11/h9-10H,4-7H2,1-3H3. The second-order valence-electron chi connectivity index (χ2n) is 3.01. The molecule has 1 unspecified atom stereocenters. The van der Waals surface area contributed by atoms with E-state index in [0.717, 1.165) is 19.4 Å². The van der Waals surface area contributed by atoms with Crippen LogP contribution >= 0.6 is 0 Å². The van der Waals surface area contributed by atoms with Crippen LogP contribution in [0, 0.1) is 5.92 Å². The lowest BCUT2D eigenvalue weighted by atomic mass is 9.98. The van der Waals surface area contributed by atoms with Crippen LogP contribution in [0.2, 0.25) is 0 Å². The SMILES string of the molecule is CCCCC(CNC)C(C)=O. The fourth-order valence-corrected chi connectivity index (χ4v) is 1.15. The molecule has 1 N–H and O–H groups in total. The third-order valence-electron chi connectivity index (χ3n) is 1.93. The van der Waals surface area contributed by atoms with E-state index in [0.29, 0.717) is 5.78 Å². The number of hydrogen-bond acceptors (Lipinski definition) is 2. The Bertz CT molecular complexity index is 112. The van der Waals surface area contributed by atoms with E-state index in [1.807, 2.05) is 7.05 Å². The molecule has 0 amide bonds. The van der Waals surface area contributed by atoms with Crippen molar-refractivity contribution in [3.05, 3.63) is 0 Å². The summed E-state index contributed by atoms with van der Waals surface area (Å²) in [5.74, 6) is 0.549. The molecule has 0 aromatic rings. The lowest BCUT2D eigenvalue weighted by Gasteiger charge is -2.11. The molecule has 0 rings (SSSR count). The Morgan fingerprint density at radius 2 is 2.18 bits per heavy atom. The summed E-state index contributed by atoms with van der Waals surface area (Å²) < 4.78 is 0. The molecule has 0 fully saturated rings. The molecule has 2 heteroatoms. The summed E-state index contributed by atoms with van der Waals surface area (Å²) in [5.41, 5.74) is 0. The number of hydrogen-bond donors (Lipinski definition) is 1. The Labute approximate surface area is 69.4 Å². The predicted molar refractivity (Wildman–Crippen MR) is 47.6 cm³/mol. The highest BCUT2D eigenvalue weighted by molar-refractivity contribution is 5.78. The molecule has 0 aromatic carbocycles. The Balaban J connectivity index is 3.60. The average molecular weight is 157 g/mol. The molecule has 66 valence electrons. The summed E-state index contributed by atoms with van der Waals surface area (Å²) in [6.07, 6.45) is 3.37. The lowest BCUT2D eigenvalue weighted by molar-refractivity contribution is -0.120. The number of Topliss-reactive ketones (excluding diaryl/α,β-unsaturated/α-hetero) is 1. The molecule has 0 radical (unpaired) electrons. The van der Waals surface area contributed by atoms with Gasteiger partial charge >= 0.3 is 0 Å². The van der Waals surface area contributed by atoms with Crippen molar-refractivity contribution in [3.63, 3.8) is 0 Å². The zero-order valence-corrected chi connectivity index (χ0v) is 7.81. The molecule has 0 aromatic heterocycles. The van der Waals surface area contributed by atoms with Crippen molar-refractivity contribution in [2.24, 2.45) is 5.92 Å². The highest BCUT2D eigenvalue weighted by Crippen LogP contribution is 2.08. The van der Waals surface area contributed by atoms with Gasteiger partial charge in [0.2, 0.25) is 0 Å². The van der Waals surface area contributed by atoms with Gasteiger partial charge in [0, 0.05) is 12.5 Å². The van der Waals surface area contributed by atoms with Crippen molar-refractivity contribution in [3.8, 4) is 0 Å². The van der Waals surface area contributed by atoms with Crippen molar-refractivity contribution in [2.75, 3.05) is 13.6 Å². The summed E-state index contributed by atoms with van der Waals surface area (Å²) in [5, 5.41) is 3.04. The first kappa shape index (κ1) is 10.6. The fraction of sp³-hybridized carbons (Fsp3) is 0.889. The van der Waals surface area contributed by atoms with E-state index in [4.69, 9.17) is 0 Å². The number of carbonyl (C=O) groups excluding carboxylic acids is 1. The van der Waals surface area contributed by atoms with Gasteiger partial charge in [-0.15, -0.1) is 0 Å². The van der Waals surface area contributed by atoms with Gasteiger partial charge in [0.25, 0.3) is 0 Å². The normalized spacial score (nSPS) is 13.0. The molecule has 0 aliphatic rings. The van der Waals surface area contributed by atoms with Gasteiger partial charge in [-0.25, -0.2) is 0 Å². The van der Waals surface area contributed by atoms with Gasteiger partial charge in [0.15, 0.2) is 0 Å². The second-order valence-corrected chi connectivity index (χ2v) is 3.01. The summed E-state index contributed by atoms with van der Waals surface area (Å²) in [4.78, 5) is 11.0. The fourth-order valence-electron chi connectivity index (χ4n) is 1.15. The van der Waals surface area contributed by atoms with E-state index in [9.17, 15) is 4.79 Å². The van der Waals surface area contributed by atoms with E-state index in [1.165, 1.54) is 6.42 Å².